The van der Waals surface area contributed by atoms with Crippen molar-refractivity contribution >= 4 is 56.5 Å². The largest absolute Gasteiger partial charge is 0.479 e. The van der Waals surface area contributed by atoms with Crippen molar-refractivity contribution in [2.24, 2.45) is 0 Å². The molecule has 2 heterocycles. The van der Waals surface area contributed by atoms with Crippen molar-refractivity contribution in [3.8, 4) is 17.5 Å². The summed E-state index contributed by atoms with van der Waals surface area (Å²) in [5.74, 6) is -5.61. The average molecular weight is 782 g/mol. The fourth-order valence-electron chi connectivity index (χ4n) is 3.72. The van der Waals surface area contributed by atoms with E-state index in [2.05, 4.69) is 15.1 Å². The number of anilines is 1. The maximum atomic E-state index is 13.7. The summed E-state index contributed by atoms with van der Waals surface area (Å²) >= 11 is 11.7. The Morgan fingerprint density at radius 1 is 0.980 bits per heavy atom. The van der Waals surface area contributed by atoms with E-state index in [1.165, 1.54) is 19.2 Å². The molecule has 13 nitrogen and oxygen atoms in total. The number of aliphatic carboxylic acids is 1. The van der Waals surface area contributed by atoms with Crippen LogP contribution in [-0.4, -0.2) is 58.3 Å². The van der Waals surface area contributed by atoms with Gasteiger partial charge in [-0.25, -0.2) is 27.7 Å². The van der Waals surface area contributed by atoms with Crippen molar-refractivity contribution in [3.63, 3.8) is 0 Å². The van der Waals surface area contributed by atoms with Crippen LogP contribution >= 0.6 is 23.2 Å². The Kier molecular flexibility index (Phi) is 11.5. The van der Waals surface area contributed by atoms with E-state index in [0.717, 1.165) is 49.5 Å². The molecule has 0 aliphatic carbocycles. The Morgan fingerprint density at radius 2 is 1.65 bits per heavy atom. The Bertz CT molecular complexity index is 2220. The average Bonchev–Trinajstić information content (AvgIpc) is 3.52. The van der Waals surface area contributed by atoms with Crippen molar-refractivity contribution in [1.82, 2.24) is 19.6 Å². The first-order valence-corrected chi connectivity index (χ1v) is 15.8. The number of ether oxygens (including phenoxy) is 3. The van der Waals surface area contributed by atoms with Gasteiger partial charge in [0.25, 0.3) is 15.2 Å². The van der Waals surface area contributed by atoms with Gasteiger partial charge in [-0.05, 0) is 55.5 Å². The molecule has 0 spiro atoms. The first kappa shape index (κ1) is 38.5. The van der Waals surface area contributed by atoms with E-state index < -0.39 is 73.7 Å². The number of carbonyl (C=O) groups is 2. The Labute approximate surface area is 292 Å². The first-order chi connectivity index (χ1) is 23.8. The third-order valence-corrected chi connectivity index (χ3v) is 7.92. The van der Waals surface area contributed by atoms with E-state index in [1.54, 1.807) is 4.72 Å². The molecule has 1 atom stereocenters. The fraction of sp³-hybridized carbons (Fsp3) is 0.138. The van der Waals surface area contributed by atoms with Gasteiger partial charge >= 0.3 is 24.1 Å². The number of methoxy groups -OCH3 is 1. The van der Waals surface area contributed by atoms with Gasteiger partial charge in [-0.15, -0.1) is 5.10 Å². The molecule has 0 radical (unpaired) electrons. The summed E-state index contributed by atoms with van der Waals surface area (Å²) in [6, 6.07) is 8.91. The molecule has 51 heavy (non-hydrogen) atoms. The molecule has 0 saturated heterocycles. The van der Waals surface area contributed by atoms with Crippen LogP contribution in [0.1, 0.15) is 22.8 Å². The third kappa shape index (κ3) is 9.07. The standard InChI is InChI=1S/C17H11Cl2F3O5.C12H8F3N5O3S/c1-8(15(23)24)26-16(25)11-7-10(3-4-12(11)18)27-14-5-2-9(6-13(14)19)17(20,21)22;1-23-12-16-5-8(15)10-17-11(18-20(10)12)24(21,22)19-9-6(13)3-2-4-7(9)14/h2-8H,1H3,(H,23,24);2-5,19H,1H3/t8-;/m0./s1. The number of aromatic nitrogens is 4. The summed E-state index contributed by atoms with van der Waals surface area (Å²) in [4.78, 5) is 29.9. The number of nitrogens with zero attached hydrogens (tertiary/aromatic N) is 4. The molecule has 270 valence electrons. The molecule has 0 bridgehead atoms. The third-order valence-electron chi connectivity index (χ3n) is 6.17. The van der Waals surface area contributed by atoms with Crippen LogP contribution in [0.3, 0.4) is 0 Å². The molecule has 0 unspecified atom stereocenters. The smallest absolute Gasteiger partial charge is 0.416 e. The lowest BCUT2D eigenvalue weighted by atomic mass is 10.2. The summed E-state index contributed by atoms with van der Waals surface area (Å²) in [5.41, 5.74) is -2.49. The minimum Gasteiger partial charge on any atom is -0.479 e. The summed E-state index contributed by atoms with van der Waals surface area (Å²) in [7, 11) is -3.37. The molecule has 5 aromatic rings. The van der Waals surface area contributed by atoms with E-state index in [9.17, 15) is 44.3 Å². The number of alkyl halides is 3. The molecule has 0 aliphatic rings. The van der Waals surface area contributed by atoms with Crippen molar-refractivity contribution in [2.75, 3.05) is 11.8 Å². The number of halogens is 8. The van der Waals surface area contributed by atoms with E-state index in [0.29, 0.717) is 10.6 Å². The summed E-state index contributed by atoms with van der Waals surface area (Å²) in [6.07, 6.45) is -5.19. The number of hydrogen-bond donors (Lipinski definition) is 2. The second-order valence-corrected chi connectivity index (χ2v) is 12.1. The summed E-state index contributed by atoms with van der Waals surface area (Å²) in [5, 5.41) is 11.1. The fourth-order valence-corrected chi connectivity index (χ4v) is 5.08. The van der Waals surface area contributed by atoms with Gasteiger partial charge < -0.3 is 19.3 Å². The van der Waals surface area contributed by atoms with Crippen LogP contribution < -0.4 is 14.2 Å². The van der Waals surface area contributed by atoms with Crippen molar-refractivity contribution in [3.05, 3.63) is 99.4 Å². The zero-order valence-corrected chi connectivity index (χ0v) is 27.7. The van der Waals surface area contributed by atoms with Crippen LogP contribution in [0.5, 0.6) is 17.5 Å². The van der Waals surface area contributed by atoms with E-state index in [-0.39, 0.29) is 33.1 Å². The number of hydrogen-bond acceptors (Lipinski definition) is 10. The number of fused-ring (bicyclic) bond motifs is 1. The van der Waals surface area contributed by atoms with Crippen LogP contribution in [0.25, 0.3) is 5.65 Å². The Morgan fingerprint density at radius 3 is 2.24 bits per heavy atom. The molecule has 2 N–H and O–H groups in total. The second kappa shape index (κ2) is 15.3. The lowest BCUT2D eigenvalue weighted by Gasteiger charge is -2.13. The Balaban J connectivity index is 0.000000230. The number of nitrogens with one attached hydrogen (secondary N) is 1. The normalized spacial score (nSPS) is 12.0. The summed E-state index contributed by atoms with van der Waals surface area (Å²) < 4.78 is 121. The highest BCUT2D eigenvalue weighted by Crippen LogP contribution is 2.37. The highest BCUT2D eigenvalue weighted by molar-refractivity contribution is 7.92. The van der Waals surface area contributed by atoms with Crippen LogP contribution in [0.4, 0.5) is 32.0 Å². The van der Waals surface area contributed by atoms with Gasteiger partial charge in [-0.3, -0.25) is 4.72 Å². The van der Waals surface area contributed by atoms with E-state index in [4.69, 9.17) is 42.5 Å². The highest BCUT2D eigenvalue weighted by Gasteiger charge is 2.31. The van der Waals surface area contributed by atoms with Crippen LogP contribution in [0.2, 0.25) is 10.0 Å². The van der Waals surface area contributed by atoms with Gasteiger partial charge in [-0.1, -0.05) is 29.3 Å². The zero-order valence-electron chi connectivity index (χ0n) is 25.4. The molecule has 0 fully saturated rings. The maximum absolute atomic E-state index is 13.7. The molecule has 0 amide bonds. The lowest BCUT2D eigenvalue weighted by molar-refractivity contribution is -0.146. The zero-order chi connectivity index (χ0) is 37.8. The van der Waals surface area contributed by atoms with Crippen molar-refractivity contribution in [2.45, 2.75) is 24.4 Å². The van der Waals surface area contributed by atoms with Crippen LogP contribution in [0, 0.1) is 17.5 Å². The molecule has 0 saturated carbocycles. The van der Waals surface area contributed by atoms with Crippen molar-refractivity contribution in [1.29, 1.82) is 0 Å². The quantitative estimate of drug-likeness (QED) is 0.119. The van der Waals surface area contributed by atoms with Gasteiger partial charge in [-0.2, -0.15) is 31.1 Å². The van der Waals surface area contributed by atoms with Crippen LogP contribution in [0.15, 0.2) is 66.0 Å². The number of carboxylic acids is 1. The number of para-hydroxylation sites is 1. The predicted molar refractivity (Wildman–Crippen MR) is 165 cm³/mol. The molecule has 22 heteroatoms. The number of rotatable bonds is 9. The molecule has 2 aromatic heterocycles. The van der Waals surface area contributed by atoms with E-state index in [1.807, 2.05) is 0 Å². The topological polar surface area (TPSA) is 171 Å². The van der Waals surface area contributed by atoms with Gasteiger partial charge in [0.15, 0.2) is 17.6 Å². The number of carbonyl (C=O) groups excluding carboxylic acids is 1. The molecular formula is C29H19Cl2F6N5O8S. The number of benzene rings is 3. The van der Waals surface area contributed by atoms with Gasteiger partial charge in [0.1, 0.15) is 28.8 Å². The molecule has 3 aromatic carbocycles. The maximum Gasteiger partial charge on any atom is 0.416 e. The predicted octanol–water partition coefficient (Wildman–Crippen LogP) is 6.79. The van der Waals surface area contributed by atoms with Gasteiger partial charge in [0, 0.05) is 0 Å². The Hall–Kier alpha value is -5.34. The van der Waals surface area contributed by atoms with E-state index >= 15 is 0 Å². The summed E-state index contributed by atoms with van der Waals surface area (Å²) in [6.45, 7) is 1.16. The monoisotopic (exact) mass is 781 g/mol. The van der Waals surface area contributed by atoms with Gasteiger partial charge in [0.2, 0.25) is 0 Å². The minimum absolute atomic E-state index is 0.0246. The second-order valence-electron chi connectivity index (χ2n) is 9.70. The minimum atomic E-state index is -4.58. The van der Waals surface area contributed by atoms with Gasteiger partial charge in [0.05, 0.1) is 34.5 Å². The SMILES string of the molecule is COc1ncc(F)c2nc(S(=O)(=O)Nc3c(F)cccc3F)nn12.C[C@H](OC(=O)c1cc(Oc2ccc(C(F)(F)F)cc2Cl)ccc1Cl)C(=O)O. The number of sulfonamides is 1. The lowest BCUT2D eigenvalue weighted by Crippen LogP contribution is -2.23. The first-order valence-electron chi connectivity index (χ1n) is 13.5. The van der Waals surface area contributed by atoms with Crippen LogP contribution in [-0.2, 0) is 25.7 Å². The number of carboxylic acid groups (broad SMARTS) is 1. The molecular weight excluding hydrogens is 763 g/mol. The highest BCUT2D eigenvalue weighted by atomic mass is 35.5. The molecule has 5 rings (SSSR count). The number of esters is 1. The molecule has 0 aliphatic heterocycles. The van der Waals surface area contributed by atoms with Crippen molar-refractivity contribution < 1.29 is 63.7 Å².